The van der Waals surface area contributed by atoms with Crippen LogP contribution >= 0.6 is 0 Å². The molecule has 80 valence electrons. The zero-order chi connectivity index (χ0) is 10.6. The van der Waals surface area contributed by atoms with Crippen molar-refractivity contribution >= 4 is 0 Å². The lowest BCUT2D eigenvalue weighted by molar-refractivity contribution is 0.254. The van der Waals surface area contributed by atoms with Crippen LogP contribution in [-0.2, 0) is 0 Å². The molecular weight excluding hydrogens is 176 g/mol. The number of hydrogen-bond acceptors (Lipinski definition) is 2. The van der Waals surface area contributed by atoms with E-state index in [-0.39, 0.29) is 19.1 Å². The molecule has 0 aromatic heterocycles. The molecule has 2 heteroatoms. The van der Waals surface area contributed by atoms with Gasteiger partial charge >= 0.3 is 0 Å². The van der Waals surface area contributed by atoms with Gasteiger partial charge in [-0.1, -0.05) is 30.4 Å². The Morgan fingerprint density at radius 2 is 1.64 bits per heavy atom. The lowest BCUT2D eigenvalue weighted by Crippen LogP contribution is -1.99. The van der Waals surface area contributed by atoms with Crippen LogP contribution in [0.4, 0.5) is 0 Å². The lowest BCUT2D eigenvalue weighted by Gasteiger charge is -2.03. The maximum atomic E-state index is 8.85. The summed E-state index contributed by atoms with van der Waals surface area (Å²) in [5, 5.41) is 17.3. The van der Waals surface area contributed by atoms with Gasteiger partial charge in [0, 0.05) is 12.5 Å². The van der Waals surface area contributed by atoms with Crippen molar-refractivity contribution in [3.63, 3.8) is 0 Å². The van der Waals surface area contributed by atoms with E-state index in [9.17, 15) is 0 Å². The van der Waals surface area contributed by atoms with E-state index < -0.39 is 0 Å². The summed E-state index contributed by atoms with van der Waals surface area (Å²) in [5.41, 5.74) is 0. The Hall–Kier alpha value is -0.860. The third-order valence-corrected chi connectivity index (χ3v) is 1.95. The molecule has 0 spiro atoms. The highest BCUT2D eigenvalue weighted by atomic mass is 16.3. The highest BCUT2D eigenvalue weighted by Crippen LogP contribution is 2.04. The maximum Gasteiger partial charge on any atom is 0.0612 e. The standard InChI is InChI=1S/C12H20O2/c1-2-12(11-14)9-7-5-3-4-6-8-10-13/h2,5-8,12-14H,1,3-4,9-11H2/b7-5+,8-6-. The Kier molecular flexibility index (Phi) is 9.59. The topological polar surface area (TPSA) is 40.5 Å². The molecule has 0 saturated carbocycles. The van der Waals surface area contributed by atoms with Crippen molar-refractivity contribution in [2.45, 2.75) is 19.3 Å². The van der Waals surface area contributed by atoms with E-state index >= 15 is 0 Å². The molecule has 1 atom stereocenters. The molecule has 0 rings (SSSR count). The average molecular weight is 196 g/mol. The highest BCUT2D eigenvalue weighted by Gasteiger charge is 1.96. The first-order valence-corrected chi connectivity index (χ1v) is 4.99. The van der Waals surface area contributed by atoms with E-state index in [4.69, 9.17) is 10.2 Å². The smallest absolute Gasteiger partial charge is 0.0612 e. The molecule has 0 fully saturated rings. The summed E-state index contributed by atoms with van der Waals surface area (Å²) in [6, 6.07) is 0. The lowest BCUT2D eigenvalue weighted by atomic mass is 10.1. The molecule has 0 aliphatic carbocycles. The van der Waals surface area contributed by atoms with Crippen molar-refractivity contribution in [3.8, 4) is 0 Å². The Balaban J connectivity index is 3.43. The fourth-order valence-electron chi connectivity index (χ4n) is 1.02. The largest absolute Gasteiger partial charge is 0.396 e. The second-order valence-corrected chi connectivity index (χ2v) is 3.12. The predicted molar refractivity (Wildman–Crippen MR) is 60.0 cm³/mol. The minimum absolute atomic E-state index is 0.118. The van der Waals surface area contributed by atoms with Gasteiger partial charge in [-0.05, 0) is 19.3 Å². The van der Waals surface area contributed by atoms with Crippen LogP contribution in [0.3, 0.4) is 0 Å². The minimum Gasteiger partial charge on any atom is -0.396 e. The second kappa shape index (κ2) is 10.2. The quantitative estimate of drug-likeness (QED) is 0.461. The van der Waals surface area contributed by atoms with Crippen molar-refractivity contribution in [2.24, 2.45) is 5.92 Å². The number of hydrogen-bond donors (Lipinski definition) is 2. The Labute approximate surface area is 86.3 Å². The molecule has 0 saturated heterocycles. The monoisotopic (exact) mass is 196 g/mol. The van der Waals surface area contributed by atoms with Gasteiger partial charge in [-0.2, -0.15) is 0 Å². The van der Waals surface area contributed by atoms with E-state index in [1.165, 1.54) is 0 Å². The van der Waals surface area contributed by atoms with Gasteiger partial charge in [0.15, 0.2) is 0 Å². The van der Waals surface area contributed by atoms with Gasteiger partial charge in [-0.3, -0.25) is 0 Å². The zero-order valence-electron chi connectivity index (χ0n) is 8.60. The van der Waals surface area contributed by atoms with Crippen molar-refractivity contribution < 1.29 is 10.2 Å². The van der Waals surface area contributed by atoms with Crippen LogP contribution in [0.1, 0.15) is 19.3 Å². The van der Waals surface area contributed by atoms with E-state index in [1.807, 2.05) is 6.08 Å². The molecule has 0 bridgehead atoms. The van der Waals surface area contributed by atoms with Crippen molar-refractivity contribution in [1.82, 2.24) is 0 Å². The molecule has 0 aliphatic rings. The van der Waals surface area contributed by atoms with Gasteiger partial charge in [0.05, 0.1) is 6.61 Å². The summed E-state index contributed by atoms with van der Waals surface area (Å²) >= 11 is 0. The van der Waals surface area contributed by atoms with Crippen LogP contribution in [0.15, 0.2) is 37.0 Å². The van der Waals surface area contributed by atoms with Gasteiger partial charge in [0.2, 0.25) is 0 Å². The SMILES string of the molecule is C=CC(CO)C/C=C/CC/C=C\CO. The first kappa shape index (κ1) is 13.1. The van der Waals surface area contributed by atoms with Gasteiger partial charge in [-0.25, -0.2) is 0 Å². The fourth-order valence-corrected chi connectivity index (χ4v) is 1.02. The molecule has 0 aromatic rings. The molecule has 0 aromatic carbocycles. The van der Waals surface area contributed by atoms with Gasteiger partial charge in [-0.15, -0.1) is 6.58 Å². The highest BCUT2D eigenvalue weighted by molar-refractivity contribution is 4.91. The molecule has 1 unspecified atom stereocenters. The first-order chi connectivity index (χ1) is 6.85. The number of aliphatic hydroxyl groups is 2. The second-order valence-electron chi connectivity index (χ2n) is 3.12. The van der Waals surface area contributed by atoms with Crippen LogP contribution in [0.2, 0.25) is 0 Å². The number of allylic oxidation sites excluding steroid dienone is 3. The minimum atomic E-state index is 0.118. The van der Waals surface area contributed by atoms with Crippen LogP contribution in [-0.4, -0.2) is 23.4 Å². The van der Waals surface area contributed by atoms with E-state index in [1.54, 1.807) is 12.2 Å². The molecule has 14 heavy (non-hydrogen) atoms. The molecule has 2 N–H and O–H groups in total. The van der Waals surface area contributed by atoms with E-state index in [2.05, 4.69) is 18.7 Å². The van der Waals surface area contributed by atoms with Crippen LogP contribution in [0.5, 0.6) is 0 Å². The summed E-state index contributed by atoms with van der Waals surface area (Å²) in [5.74, 6) is 0.180. The Bertz CT molecular complexity index is 183. The fraction of sp³-hybridized carbons (Fsp3) is 0.500. The van der Waals surface area contributed by atoms with E-state index in [0.717, 1.165) is 19.3 Å². The van der Waals surface area contributed by atoms with Gasteiger partial charge in [0.1, 0.15) is 0 Å². The first-order valence-electron chi connectivity index (χ1n) is 4.99. The third kappa shape index (κ3) is 7.77. The molecule has 0 heterocycles. The summed E-state index contributed by atoms with van der Waals surface area (Å²) in [7, 11) is 0. The zero-order valence-corrected chi connectivity index (χ0v) is 8.60. The van der Waals surface area contributed by atoms with Crippen LogP contribution in [0, 0.1) is 5.92 Å². The molecular formula is C12H20O2. The average Bonchev–Trinajstić information content (AvgIpc) is 2.22. The van der Waals surface area contributed by atoms with Crippen molar-refractivity contribution in [2.75, 3.05) is 13.2 Å². The maximum absolute atomic E-state index is 8.85. The number of unbranched alkanes of at least 4 members (excludes halogenated alkanes) is 1. The molecule has 0 radical (unpaired) electrons. The van der Waals surface area contributed by atoms with Gasteiger partial charge < -0.3 is 10.2 Å². The summed E-state index contributed by atoms with van der Waals surface area (Å²) in [6.07, 6.45) is 12.4. The number of aliphatic hydroxyl groups excluding tert-OH is 2. The molecule has 0 amide bonds. The summed E-state index contributed by atoms with van der Waals surface area (Å²) < 4.78 is 0. The van der Waals surface area contributed by atoms with E-state index in [0.29, 0.717) is 0 Å². The van der Waals surface area contributed by atoms with Crippen molar-refractivity contribution in [3.05, 3.63) is 37.0 Å². The summed E-state index contributed by atoms with van der Waals surface area (Å²) in [4.78, 5) is 0. The Morgan fingerprint density at radius 1 is 1.00 bits per heavy atom. The van der Waals surface area contributed by atoms with Crippen LogP contribution < -0.4 is 0 Å². The van der Waals surface area contributed by atoms with Gasteiger partial charge in [0.25, 0.3) is 0 Å². The third-order valence-electron chi connectivity index (χ3n) is 1.95. The van der Waals surface area contributed by atoms with Crippen molar-refractivity contribution in [1.29, 1.82) is 0 Å². The Morgan fingerprint density at radius 3 is 2.14 bits per heavy atom. The normalized spacial score (nSPS) is 13.9. The predicted octanol–water partition coefficient (Wildman–Crippen LogP) is 2.06. The number of rotatable bonds is 8. The summed E-state index contributed by atoms with van der Waals surface area (Å²) in [6.45, 7) is 3.92. The molecule has 2 nitrogen and oxygen atoms in total. The molecule has 0 aliphatic heterocycles. The van der Waals surface area contributed by atoms with Crippen LogP contribution in [0.25, 0.3) is 0 Å².